The van der Waals surface area contributed by atoms with Crippen molar-refractivity contribution in [3.63, 3.8) is 0 Å². The zero-order valence-electron chi connectivity index (χ0n) is 12.9. The van der Waals surface area contributed by atoms with E-state index in [2.05, 4.69) is 49.1 Å². The fourth-order valence-corrected chi connectivity index (χ4v) is 1.86. The van der Waals surface area contributed by atoms with Crippen molar-refractivity contribution < 1.29 is 4.74 Å². The van der Waals surface area contributed by atoms with Gasteiger partial charge in [-0.1, -0.05) is 0 Å². The summed E-state index contributed by atoms with van der Waals surface area (Å²) in [5.41, 5.74) is 2.59. The van der Waals surface area contributed by atoms with E-state index in [0.29, 0.717) is 0 Å². The van der Waals surface area contributed by atoms with Crippen molar-refractivity contribution in [1.29, 1.82) is 0 Å². The molecule has 0 aliphatic carbocycles. The molecular formula is C15H27N3O. The molecule has 0 radical (unpaired) electrons. The maximum Gasteiger partial charge on any atom is 0.0479 e. The van der Waals surface area contributed by atoms with Gasteiger partial charge in [-0.2, -0.15) is 0 Å². The molecule has 0 aliphatic heterocycles. The molecule has 0 fully saturated rings. The summed E-state index contributed by atoms with van der Waals surface area (Å²) in [4.78, 5) is 6.50. The molecule has 0 atom stereocenters. The van der Waals surface area contributed by atoms with Crippen LogP contribution in [0.1, 0.15) is 32.8 Å². The van der Waals surface area contributed by atoms with Gasteiger partial charge in [-0.05, 0) is 33.3 Å². The summed E-state index contributed by atoms with van der Waals surface area (Å²) in [5, 5.41) is 3.51. The van der Waals surface area contributed by atoms with Crippen molar-refractivity contribution >= 4 is 5.69 Å². The molecule has 0 spiro atoms. The van der Waals surface area contributed by atoms with Crippen LogP contribution in [0.2, 0.25) is 0 Å². The number of nitrogens with one attached hydrogen (secondary N) is 1. The molecule has 1 aromatic rings. The molecule has 1 aromatic heterocycles. The first-order chi connectivity index (χ1) is 8.94. The fourth-order valence-electron chi connectivity index (χ4n) is 1.86. The maximum atomic E-state index is 5.10. The van der Waals surface area contributed by atoms with Crippen molar-refractivity contribution in [2.45, 2.75) is 39.3 Å². The Morgan fingerprint density at radius 3 is 2.74 bits per heavy atom. The average Bonchev–Trinajstić information content (AvgIpc) is 2.36. The van der Waals surface area contributed by atoms with Crippen LogP contribution in [0.25, 0.3) is 0 Å². The van der Waals surface area contributed by atoms with Crippen LogP contribution < -0.4 is 10.2 Å². The lowest BCUT2D eigenvalue weighted by molar-refractivity contribution is 0.196. The predicted octanol–water partition coefficient (Wildman–Crippen LogP) is 2.44. The molecular weight excluding hydrogens is 238 g/mol. The fraction of sp³-hybridized carbons (Fsp3) is 0.667. The van der Waals surface area contributed by atoms with Crippen LogP contribution in [0.4, 0.5) is 5.69 Å². The number of pyridine rings is 1. The van der Waals surface area contributed by atoms with Crippen LogP contribution >= 0.6 is 0 Å². The Bertz CT molecular complexity index is 374. The van der Waals surface area contributed by atoms with E-state index in [-0.39, 0.29) is 5.54 Å². The van der Waals surface area contributed by atoms with E-state index in [0.717, 1.165) is 26.1 Å². The second-order valence-corrected chi connectivity index (χ2v) is 5.88. The summed E-state index contributed by atoms with van der Waals surface area (Å²) in [6.07, 6.45) is 4.82. The third-order valence-electron chi connectivity index (χ3n) is 2.94. The standard InChI is InChI=1S/C15H27N3O/c1-15(2,3)17-12-13-11-16-8-7-14(13)18(4)9-6-10-19-5/h7-8,11,17H,6,9-10,12H2,1-5H3. The van der Waals surface area contributed by atoms with Crippen LogP contribution in [0.3, 0.4) is 0 Å². The SMILES string of the molecule is COCCCN(C)c1ccncc1CNC(C)(C)C. The Morgan fingerprint density at radius 1 is 1.37 bits per heavy atom. The third-order valence-corrected chi connectivity index (χ3v) is 2.94. The number of anilines is 1. The smallest absolute Gasteiger partial charge is 0.0479 e. The van der Waals surface area contributed by atoms with Gasteiger partial charge in [0.05, 0.1) is 0 Å². The Balaban J connectivity index is 2.66. The first-order valence-electron chi connectivity index (χ1n) is 6.82. The predicted molar refractivity (Wildman–Crippen MR) is 80.6 cm³/mol. The second kappa shape index (κ2) is 7.46. The Labute approximate surface area is 117 Å². The van der Waals surface area contributed by atoms with Crippen molar-refractivity contribution in [2.75, 3.05) is 32.2 Å². The molecule has 0 amide bonds. The monoisotopic (exact) mass is 265 g/mol. The summed E-state index contributed by atoms with van der Waals surface area (Å²) < 4.78 is 5.10. The van der Waals surface area contributed by atoms with E-state index in [1.807, 2.05) is 12.4 Å². The number of hydrogen-bond donors (Lipinski definition) is 1. The van der Waals surface area contributed by atoms with E-state index < -0.39 is 0 Å². The van der Waals surface area contributed by atoms with Crippen LogP contribution in [0.5, 0.6) is 0 Å². The van der Waals surface area contributed by atoms with Crippen LogP contribution in [-0.2, 0) is 11.3 Å². The highest BCUT2D eigenvalue weighted by Crippen LogP contribution is 2.18. The first-order valence-corrected chi connectivity index (χ1v) is 6.82. The van der Waals surface area contributed by atoms with Crippen LogP contribution in [-0.4, -0.2) is 37.8 Å². The largest absolute Gasteiger partial charge is 0.385 e. The Hall–Kier alpha value is -1.13. The summed E-state index contributed by atoms with van der Waals surface area (Å²) in [6, 6.07) is 2.08. The summed E-state index contributed by atoms with van der Waals surface area (Å²) >= 11 is 0. The zero-order chi connectivity index (χ0) is 14.3. The molecule has 4 heteroatoms. The molecule has 0 bridgehead atoms. The van der Waals surface area contributed by atoms with Gasteiger partial charge >= 0.3 is 0 Å². The molecule has 0 saturated carbocycles. The highest BCUT2D eigenvalue weighted by atomic mass is 16.5. The Morgan fingerprint density at radius 2 is 2.11 bits per heavy atom. The summed E-state index contributed by atoms with van der Waals surface area (Å²) in [7, 11) is 3.86. The van der Waals surface area contributed by atoms with E-state index in [1.54, 1.807) is 7.11 Å². The topological polar surface area (TPSA) is 37.4 Å². The number of rotatable bonds is 7. The van der Waals surface area contributed by atoms with Crippen molar-refractivity contribution in [3.05, 3.63) is 24.0 Å². The van der Waals surface area contributed by atoms with Gasteiger partial charge in [0.1, 0.15) is 0 Å². The second-order valence-electron chi connectivity index (χ2n) is 5.88. The number of aromatic nitrogens is 1. The number of nitrogens with zero attached hydrogens (tertiary/aromatic N) is 2. The van der Waals surface area contributed by atoms with Gasteiger partial charge in [0.15, 0.2) is 0 Å². The molecule has 0 saturated heterocycles. The lowest BCUT2D eigenvalue weighted by Gasteiger charge is -2.25. The van der Waals surface area contributed by atoms with Crippen molar-refractivity contribution in [3.8, 4) is 0 Å². The zero-order valence-corrected chi connectivity index (χ0v) is 12.9. The average molecular weight is 265 g/mol. The van der Waals surface area contributed by atoms with E-state index in [1.165, 1.54) is 11.3 Å². The third kappa shape index (κ3) is 6.03. The van der Waals surface area contributed by atoms with Crippen LogP contribution in [0.15, 0.2) is 18.5 Å². The van der Waals surface area contributed by atoms with Gasteiger partial charge in [0.25, 0.3) is 0 Å². The Kier molecular flexibility index (Phi) is 6.25. The van der Waals surface area contributed by atoms with E-state index >= 15 is 0 Å². The molecule has 0 aliphatic rings. The van der Waals surface area contributed by atoms with Gasteiger partial charge in [-0.25, -0.2) is 0 Å². The lowest BCUT2D eigenvalue weighted by atomic mass is 10.1. The van der Waals surface area contributed by atoms with Gasteiger partial charge < -0.3 is 15.0 Å². The molecule has 1 rings (SSSR count). The minimum Gasteiger partial charge on any atom is -0.385 e. The minimum atomic E-state index is 0.113. The lowest BCUT2D eigenvalue weighted by Crippen LogP contribution is -2.35. The molecule has 0 aromatic carbocycles. The maximum absolute atomic E-state index is 5.10. The molecule has 1 heterocycles. The summed E-state index contributed by atoms with van der Waals surface area (Å²) in [5.74, 6) is 0. The number of methoxy groups -OCH3 is 1. The minimum absolute atomic E-state index is 0.113. The van der Waals surface area contributed by atoms with Crippen molar-refractivity contribution in [1.82, 2.24) is 10.3 Å². The summed E-state index contributed by atoms with van der Waals surface area (Å²) in [6.45, 7) is 9.13. The highest BCUT2D eigenvalue weighted by molar-refractivity contribution is 5.51. The first kappa shape index (κ1) is 15.9. The molecule has 108 valence electrons. The van der Waals surface area contributed by atoms with E-state index in [4.69, 9.17) is 4.74 Å². The number of hydrogen-bond acceptors (Lipinski definition) is 4. The highest BCUT2D eigenvalue weighted by Gasteiger charge is 2.12. The van der Waals surface area contributed by atoms with Gasteiger partial charge in [0.2, 0.25) is 0 Å². The molecule has 1 N–H and O–H groups in total. The molecule has 4 nitrogen and oxygen atoms in total. The van der Waals surface area contributed by atoms with Gasteiger partial charge in [-0.3, -0.25) is 4.98 Å². The van der Waals surface area contributed by atoms with Crippen molar-refractivity contribution in [2.24, 2.45) is 0 Å². The quantitative estimate of drug-likeness (QED) is 0.768. The van der Waals surface area contributed by atoms with E-state index in [9.17, 15) is 0 Å². The molecule has 19 heavy (non-hydrogen) atoms. The molecule has 0 unspecified atom stereocenters. The van der Waals surface area contributed by atoms with Gasteiger partial charge in [-0.15, -0.1) is 0 Å². The van der Waals surface area contributed by atoms with Crippen LogP contribution in [0, 0.1) is 0 Å². The number of ether oxygens (including phenoxy) is 1. The normalized spacial score (nSPS) is 11.6. The van der Waals surface area contributed by atoms with Gasteiger partial charge in [0, 0.05) is 63.0 Å².